The summed E-state index contributed by atoms with van der Waals surface area (Å²) in [4.78, 5) is 4.43. The number of hydrogen-bond acceptors (Lipinski definition) is 1. The first-order valence-electron chi connectivity index (χ1n) is 6.58. The van der Waals surface area contributed by atoms with Crippen LogP contribution in [0, 0.1) is 5.82 Å². The molecule has 0 amide bonds. The molecule has 3 rings (SSSR count). The number of rotatable bonds is 3. The van der Waals surface area contributed by atoms with Crippen LogP contribution < -0.4 is 11.1 Å². The van der Waals surface area contributed by atoms with Crippen LogP contribution in [0.4, 0.5) is 4.39 Å². The molecule has 1 aromatic rings. The molecule has 4 heteroatoms. The molecule has 96 valence electrons. The first kappa shape index (κ1) is 11.5. The minimum absolute atomic E-state index is 0.134. The molecule has 0 bridgehead atoms. The molecule has 0 aromatic heterocycles. The Balaban J connectivity index is 1.60. The summed E-state index contributed by atoms with van der Waals surface area (Å²) in [5.74, 6) is 0.585. The molecule has 3 nitrogen and oxygen atoms in total. The van der Waals surface area contributed by atoms with Gasteiger partial charge in [-0.25, -0.2) is 9.38 Å². The van der Waals surface area contributed by atoms with Gasteiger partial charge in [-0.15, -0.1) is 0 Å². The van der Waals surface area contributed by atoms with Crippen molar-refractivity contribution in [3.63, 3.8) is 0 Å². The lowest BCUT2D eigenvalue weighted by molar-refractivity contribution is 0.382. The Labute approximate surface area is 106 Å². The molecule has 0 heterocycles. The van der Waals surface area contributed by atoms with Gasteiger partial charge in [0, 0.05) is 12.0 Å². The third kappa shape index (κ3) is 2.33. The zero-order valence-corrected chi connectivity index (χ0v) is 10.3. The molecule has 0 aliphatic heterocycles. The molecule has 18 heavy (non-hydrogen) atoms. The van der Waals surface area contributed by atoms with Crippen LogP contribution in [0.5, 0.6) is 0 Å². The van der Waals surface area contributed by atoms with Crippen molar-refractivity contribution in [2.75, 3.05) is 0 Å². The van der Waals surface area contributed by atoms with Crippen LogP contribution in [0.3, 0.4) is 0 Å². The molecule has 2 fully saturated rings. The zero-order chi connectivity index (χ0) is 12.5. The average Bonchev–Trinajstić information content (AvgIpc) is 3.03. The number of nitrogens with zero attached hydrogens (tertiary/aromatic N) is 1. The van der Waals surface area contributed by atoms with E-state index < -0.39 is 0 Å². The number of halogens is 1. The third-order valence-electron chi connectivity index (χ3n) is 3.82. The van der Waals surface area contributed by atoms with E-state index in [-0.39, 0.29) is 17.8 Å². The number of nitrogens with two attached hydrogens (primary N) is 1. The van der Waals surface area contributed by atoms with Gasteiger partial charge >= 0.3 is 0 Å². The lowest BCUT2D eigenvalue weighted by Gasteiger charge is -2.26. The van der Waals surface area contributed by atoms with Crippen molar-refractivity contribution in [2.45, 2.75) is 43.7 Å². The summed E-state index contributed by atoms with van der Waals surface area (Å²) in [6.45, 7) is 0. The van der Waals surface area contributed by atoms with Crippen molar-refractivity contribution in [1.29, 1.82) is 0 Å². The normalized spacial score (nSPS) is 27.7. The highest BCUT2D eigenvalue weighted by Crippen LogP contribution is 2.44. The highest BCUT2D eigenvalue weighted by atomic mass is 19.1. The van der Waals surface area contributed by atoms with Gasteiger partial charge in [0.1, 0.15) is 5.82 Å². The Morgan fingerprint density at radius 1 is 1.33 bits per heavy atom. The number of benzene rings is 1. The second kappa shape index (κ2) is 4.59. The fourth-order valence-electron chi connectivity index (χ4n) is 2.41. The second-order valence-corrected chi connectivity index (χ2v) is 5.22. The molecular formula is C14H18FN3. The fourth-order valence-corrected chi connectivity index (χ4v) is 2.41. The van der Waals surface area contributed by atoms with Gasteiger partial charge in [-0.3, -0.25) is 0 Å². The van der Waals surface area contributed by atoms with E-state index >= 15 is 0 Å². The highest BCUT2D eigenvalue weighted by molar-refractivity contribution is 5.78. The van der Waals surface area contributed by atoms with Crippen molar-refractivity contribution in [1.82, 2.24) is 5.32 Å². The van der Waals surface area contributed by atoms with Crippen molar-refractivity contribution >= 4 is 5.96 Å². The summed E-state index contributed by atoms with van der Waals surface area (Å²) in [6.07, 6.45) is 4.52. The maximum Gasteiger partial charge on any atom is 0.189 e. The number of nitrogens with one attached hydrogen (secondary N) is 1. The third-order valence-corrected chi connectivity index (χ3v) is 3.82. The highest BCUT2D eigenvalue weighted by Gasteiger charge is 2.40. The number of guanidine groups is 1. The van der Waals surface area contributed by atoms with E-state index in [2.05, 4.69) is 10.3 Å². The SMILES string of the molecule is NC(=N[C@@H]1C[C@H]1c1ccccc1F)NC1CCC1. The fraction of sp³-hybridized carbons (Fsp3) is 0.500. The molecule has 0 radical (unpaired) electrons. The van der Waals surface area contributed by atoms with Gasteiger partial charge in [-0.05, 0) is 37.3 Å². The van der Waals surface area contributed by atoms with E-state index in [0.29, 0.717) is 12.0 Å². The van der Waals surface area contributed by atoms with Crippen LogP contribution in [-0.4, -0.2) is 18.0 Å². The van der Waals surface area contributed by atoms with Gasteiger partial charge in [0.05, 0.1) is 6.04 Å². The van der Waals surface area contributed by atoms with Gasteiger partial charge in [0.25, 0.3) is 0 Å². The molecular weight excluding hydrogens is 229 g/mol. The lowest BCUT2D eigenvalue weighted by atomic mass is 9.93. The van der Waals surface area contributed by atoms with Crippen molar-refractivity contribution in [3.8, 4) is 0 Å². The Bertz CT molecular complexity index is 468. The van der Waals surface area contributed by atoms with Gasteiger partial charge in [0.2, 0.25) is 0 Å². The Morgan fingerprint density at radius 3 is 2.78 bits per heavy atom. The van der Waals surface area contributed by atoms with E-state index in [1.165, 1.54) is 25.3 Å². The molecule has 0 spiro atoms. The molecule has 3 N–H and O–H groups in total. The Kier molecular flexibility index (Phi) is 2.94. The smallest absolute Gasteiger partial charge is 0.189 e. The van der Waals surface area contributed by atoms with Crippen LogP contribution in [0.15, 0.2) is 29.3 Å². The first-order chi connectivity index (χ1) is 8.74. The van der Waals surface area contributed by atoms with E-state index in [9.17, 15) is 4.39 Å². The van der Waals surface area contributed by atoms with Gasteiger partial charge in [-0.2, -0.15) is 0 Å². The predicted molar refractivity (Wildman–Crippen MR) is 69.9 cm³/mol. The lowest BCUT2D eigenvalue weighted by Crippen LogP contribution is -2.43. The zero-order valence-electron chi connectivity index (χ0n) is 10.3. The summed E-state index contributed by atoms with van der Waals surface area (Å²) in [5, 5.41) is 3.21. The van der Waals surface area contributed by atoms with E-state index in [4.69, 9.17) is 5.73 Å². The van der Waals surface area contributed by atoms with Gasteiger partial charge < -0.3 is 11.1 Å². The van der Waals surface area contributed by atoms with Crippen LogP contribution in [0.2, 0.25) is 0 Å². The van der Waals surface area contributed by atoms with Crippen molar-refractivity contribution in [2.24, 2.45) is 10.7 Å². The Hall–Kier alpha value is -1.58. The maximum absolute atomic E-state index is 13.6. The molecule has 2 aliphatic rings. The summed E-state index contributed by atoms with van der Waals surface area (Å²) < 4.78 is 13.6. The molecule has 0 unspecified atom stereocenters. The van der Waals surface area contributed by atoms with Crippen LogP contribution >= 0.6 is 0 Å². The molecule has 2 aliphatic carbocycles. The van der Waals surface area contributed by atoms with Crippen molar-refractivity contribution < 1.29 is 4.39 Å². The standard InChI is InChI=1S/C14H18FN3/c15-12-7-2-1-6-10(12)11-8-13(11)18-14(16)17-9-4-3-5-9/h1-2,6-7,9,11,13H,3-5,8H2,(H3,16,17,18)/t11-,13+/m0/s1. The van der Waals surface area contributed by atoms with Crippen LogP contribution in [-0.2, 0) is 0 Å². The topological polar surface area (TPSA) is 50.4 Å². The summed E-state index contributed by atoms with van der Waals surface area (Å²) in [5.41, 5.74) is 6.61. The van der Waals surface area contributed by atoms with Gasteiger partial charge in [0.15, 0.2) is 5.96 Å². The minimum atomic E-state index is -0.134. The van der Waals surface area contributed by atoms with Gasteiger partial charge in [-0.1, -0.05) is 18.2 Å². The molecule has 0 saturated heterocycles. The predicted octanol–water partition coefficient (Wildman–Crippen LogP) is 2.14. The summed E-state index contributed by atoms with van der Waals surface area (Å²) in [7, 11) is 0. The maximum atomic E-state index is 13.6. The Morgan fingerprint density at radius 2 is 2.11 bits per heavy atom. The van der Waals surface area contributed by atoms with Crippen molar-refractivity contribution in [3.05, 3.63) is 35.6 Å². The second-order valence-electron chi connectivity index (χ2n) is 5.22. The summed E-state index contributed by atoms with van der Waals surface area (Å²) >= 11 is 0. The largest absolute Gasteiger partial charge is 0.370 e. The quantitative estimate of drug-likeness (QED) is 0.635. The minimum Gasteiger partial charge on any atom is -0.370 e. The van der Waals surface area contributed by atoms with E-state index in [1.54, 1.807) is 6.07 Å². The monoisotopic (exact) mass is 247 g/mol. The molecule has 1 aromatic carbocycles. The summed E-state index contributed by atoms with van der Waals surface area (Å²) in [6, 6.07) is 7.57. The number of aliphatic imine (C=N–C) groups is 1. The first-order valence-corrected chi connectivity index (χ1v) is 6.58. The molecule has 2 saturated carbocycles. The average molecular weight is 247 g/mol. The molecule has 2 atom stereocenters. The number of hydrogen-bond donors (Lipinski definition) is 2. The van der Waals surface area contributed by atoms with E-state index in [1.807, 2.05) is 12.1 Å². The van der Waals surface area contributed by atoms with Crippen LogP contribution in [0.25, 0.3) is 0 Å². The van der Waals surface area contributed by atoms with E-state index in [0.717, 1.165) is 12.0 Å². The van der Waals surface area contributed by atoms with Crippen LogP contribution in [0.1, 0.15) is 37.2 Å².